The first-order valence-electron chi connectivity index (χ1n) is 8.30. The Bertz CT molecular complexity index is 802. The Morgan fingerprint density at radius 1 is 1.38 bits per heavy atom. The molecule has 2 N–H and O–H groups in total. The number of nitrogens with zero attached hydrogens (tertiary/aromatic N) is 3. The number of rotatable bonds is 6. The van der Waals surface area contributed by atoms with E-state index >= 15 is 0 Å². The predicted molar refractivity (Wildman–Crippen MR) is 93.4 cm³/mol. The lowest BCUT2D eigenvalue weighted by Gasteiger charge is -2.22. The number of aromatic amines is 1. The van der Waals surface area contributed by atoms with Crippen LogP contribution in [-0.4, -0.2) is 25.7 Å². The van der Waals surface area contributed by atoms with Crippen molar-refractivity contribution in [3.05, 3.63) is 48.0 Å². The molecule has 0 aliphatic rings. The van der Waals surface area contributed by atoms with E-state index in [2.05, 4.69) is 34.2 Å². The molecule has 6 heteroatoms. The number of aromatic nitrogens is 4. The number of imidazole rings is 1. The van der Waals surface area contributed by atoms with E-state index in [1.807, 2.05) is 37.4 Å². The Morgan fingerprint density at radius 3 is 2.83 bits per heavy atom. The molecule has 0 unspecified atom stereocenters. The number of carbonyl (C=O) groups excluding carboxylic acids is 1. The highest BCUT2D eigenvalue weighted by atomic mass is 16.2. The lowest BCUT2D eigenvalue weighted by atomic mass is 9.98. The summed E-state index contributed by atoms with van der Waals surface area (Å²) in [6.07, 6.45) is 4.56. The Balaban J connectivity index is 1.79. The normalized spacial score (nSPS) is 13.8. The van der Waals surface area contributed by atoms with E-state index in [9.17, 15) is 4.79 Å². The largest absolute Gasteiger partial charge is 0.344 e. The van der Waals surface area contributed by atoms with Gasteiger partial charge in [0.2, 0.25) is 5.91 Å². The second-order valence-electron chi connectivity index (χ2n) is 6.29. The first-order valence-corrected chi connectivity index (χ1v) is 8.30. The van der Waals surface area contributed by atoms with Gasteiger partial charge in [-0.3, -0.25) is 9.48 Å². The maximum Gasteiger partial charge on any atom is 0.242 e. The van der Waals surface area contributed by atoms with Crippen molar-refractivity contribution < 1.29 is 4.79 Å². The Kier molecular flexibility index (Phi) is 4.64. The molecule has 0 aliphatic carbocycles. The van der Waals surface area contributed by atoms with Crippen LogP contribution in [0.5, 0.6) is 0 Å². The average Bonchev–Trinajstić information content (AvgIpc) is 3.17. The van der Waals surface area contributed by atoms with Crippen LogP contribution in [0.1, 0.15) is 37.7 Å². The van der Waals surface area contributed by atoms with Crippen molar-refractivity contribution in [3.8, 4) is 0 Å². The lowest BCUT2D eigenvalue weighted by molar-refractivity contribution is -0.123. The van der Waals surface area contributed by atoms with Crippen LogP contribution in [-0.2, 0) is 11.3 Å². The topological polar surface area (TPSA) is 75.6 Å². The number of hydrogen-bond acceptors (Lipinski definition) is 3. The molecule has 2 heterocycles. The SMILES string of the molecule is CC[C@@H](C)[C@H](NC(=O)Cn1cc(C)cn1)c1nc2ccccc2[nH]1. The molecule has 0 saturated heterocycles. The third-order valence-electron chi connectivity index (χ3n) is 4.30. The maximum atomic E-state index is 12.4. The minimum atomic E-state index is -0.147. The zero-order chi connectivity index (χ0) is 17.1. The van der Waals surface area contributed by atoms with Crippen LogP contribution >= 0.6 is 0 Å². The number of amides is 1. The van der Waals surface area contributed by atoms with Crippen LogP contribution in [0.25, 0.3) is 11.0 Å². The quantitative estimate of drug-likeness (QED) is 0.731. The van der Waals surface area contributed by atoms with Gasteiger partial charge < -0.3 is 10.3 Å². The molecule has 24 heavy (non-hydrogen) atoms. The molecule has 0 aliphatic heterocycles. The molecule has 0 bridgehead atoms. The molecule has 3 rings (SSSR count). The van der Waals surface area contributed by atoms with Gasteiger partial charge in [0.1, 0.15) is 12.4 Å². The van der Waals surface area contributed by atoms with E-state index in [-0.39, 0.29) is 24.4 Å². The first-order chi connectivity index (χ1) is 11.6. The van der Waals surface area contributed by atoms with Crippen LogP contribution < -0.4 is 5.32 Å². The highest BCUT2D eigenvalue weighted by Gasteiger charge is 2.23. The van der Waals surface area contributed by atoms with Gasteiger partial charge in [-0.1, -0.05) is 32.4 Å². The minimum Gasteiger partial charge on any atom is -0.344 e. The van der Waals surface area contributed by atoms with Crippen LogP contribution in [0, 0.1) is 12.8 Å². The van der Waals surface area contributed by atoms with Gasteiger partial charge in [-0.15, -0.1) is 0 Å². The molecule has 126 valence electrons. The molecular formula is C18H23N5O. The molecule has 2 atom stereocenters. The van der Waals surface area contributed by atoms with Crippen molar-refractivity contribution in [2.24, 2.45) is 5.92 Å². The van der Waals surface area contributed by atoms with Crippen LogP contribution in [0.2, 0.25) is 0 Å². The Labute approximate surface area is 141 Å². The zero-order valence-corrected chi connectivity index (χ0v) is 14.3. The fourth-order valence-electron chi connectivity index (χ4n) is 2.76. The predicted octanol–water partition coefficient (Wildman–Crippen LogP) is 2.97. The highest BCUT2D eigenvalue weighted by molar-refractivity contribution is 5.77. The van der Waals surface area contributed by atoms with Gasteiger partial charge in [0.05, 0.1) is 23.3 Å². The van der Waals surface area contributed by atoms with Gasteiger partial charge in [-0.05, 0) is 30.5 Å². The molecule has 0 spiro atoms. The molecule has 0 radical (unpaired) electrons. The fraction of sp³-hybridized carbons (Fsp3) is 0.389. The van der Waals surface area contributed by atoms with Crippen LogP contribution in [0.15, 0.2) is 36.7 Å². The monoisotopic (exact) mass is 325 g/mol. The number of hydrogen-bond donors (Lipinski definition) is 2. The van der Waals surface area contributed by atoms with Crippen LogP contribution in [0.4, 0.5) is 0 Å². The van der Waals surface area contributed by atoms with E-state index in [1.54, 1.807) is 10.9 Å². The van der Waals surface area contributed by atoms with E-state index in [1.165, 1.54) is 0 Å². The van der Waals surface area contributed by atoms with E-state index < -0.39 is 0 Å². The van der Waals surface area contributed by atoms with Gasteiger partial charge in [0.25, 0.3) is 0 Å². The lowest BCUT2D eigenvalue weighted by Crippen LogP contribution is -2.35. The molecule has 2 aromatic heterocycles. The summed E-state index contributed by atoms with van der Waals surface area (Å²) in [5.74, 6) is 1.01. The number of benzene rings is 1. The summed E-state index contributed by atoms with van der Waals surface area (Å²) in [6, 6.07) is 7.75. The summed E-state index contributed by atoms with van der Waals surface area (Å²) in [5.41, 5.74) is 2.94. The van der Waals surface area contributed by atoms with E-state index in [0.29, 0.717) is 0 Å². The number of carbonyl (C=O) groups is 1. The van der Waals surface area contributed by atoms with Gasteiger partial charge in [0, 0.05) is 6.20 Å². The third-order valence-corrected chi connectivity index (χ3v) is 4.30. The second-order valence-corrected chi connectivity index (χ2v) is 6.29. The third kappa shape index (κ3) is 3.48. The Hall–Kier alpha value is -2.63. The van der Waals surface area contributed by atoms with E-state index in [0.717, 1.165) is 28.8 Å². The molecular weight excluding hydrogens is 302 g/mol. The highest BCUT2D eigenvalue weighted by Crippen LogP contribution is 2.24. The summed E-state index contributed by atoms with van der Waals surface area (Å²) in [7, 11) is 0. The van der Waals surface area contributed by atoms with Crippen molar-refractivity contribution >= 4 is 16.9 Å². The standard InChI is InChI=1S/C18H23N5O/c1-4-13(3)17(18-20-14-7-5-6-8-15(14)21-18)22-16(24)11-23-10-12(2)9-19-23/h5-10,13,17H,4,11H2,1-3H3,(H,20,21)(H,22,24)/t13-,17+/m1/s1. The number of fused-ring (bicyclic) bond motifs is 1. The second kappa shape index (κ2) is 6.86. The molecule has 6 nitrogen and oxygen atoms in total. The number of nitrogens with one attached hydrogen (secondary N) is 2. The van der Waals surface area contributed by atoms with Crippen molar-refractivity contribution in [3.63, 3.8) is 0 Å². The molecule has 1 amide bonds. The molecule has 0 fully saturated rings. The summed E-state index contributed by atoms with van der Waals surface area (Å²) < 4.78 is 1.65. The smallest absolute Gasteiger partial charge is 0.242 e. The molecule has 0 saturated carbocycles. The van der Waals surface area contributed by atoms with Gasteiger partial charge >= 0.3 is 0 Å². The summed E-state index contributed by atoms with van der Waals surface area (Å²) in [4.78, 5) is 20.4. The van der Waals surface area contributed by atoms with Crippen molar-refractivity contribution in [1.82, 2.24) is 25.1 Å². The van der Waals surface area contributed by atoms with Gasteiger partial charge in [0.15, 0.2) is 0 Å². The maximum absolute atomic E-state index is 12.4. The number of para-hydroxylation sites is 2. The van der Waals surface area contributed by atoms with Crippen molar-refractivity contribution in [2.45, 2.75) is 39.8 Å². The molecule has 3 aromatic rings. The van der Waals surface area contributed by atoms with Crippen molar-refractivity contribution in [2.75, 3.05) is 0 Å². The summed E-state index contributed by atoms with van der Waals surface area (Å²) >= 11 is 0. The first kappa shape index (κ1) is 16.2. The van der Waals surface area contributed by atoms with Gasteiger partial charge in [-0.25, -0.2) is 4.98 Å². The molecule has 1 aromatic carbocycles. The average molecular weight is 325 g/mol. The Morgan fingerprint density at radius 2 is 2.17 bits per heavy atom. The number of aryl methyl sites for hydroxylation is 1. The fourth-order valence-corrected chi connectivity index (χ4v) is 2.76. The summed E-state index contributed by atoms with van der Waals surface area (Å²) in [6.45, 7) is 6.40. The van der Waals surface area contributed by atoms with Gasteiger partial charge in [-0.2, -0.15) is 5.10 Å². The minimum absolute atomic E-state index is 0.0659. The zero-order valence-electron chi connectivity index (χ0n) is 14.3. The summed E-state index contributed by atoms with van der Waals surface area (Å²) in [5, 5.41) is 7.28. The van der Waals surface area contributed by atoms with E-state index in [4.69, 9.17) is 0 Å². The van der Waals surface area contributed by atoms with Crippen molar-refractivity contribution in [1.29, 1.82) is 0 Å². The van der Waals surface area contributed by atoms with Crippen LogP contribution in [0.3, 0.4) is 0 Å². The number of H-pyrrole nitrogens is 1.